The molecule has 2 unspecified atom stereocenters. The molecule has 0 aliphatic carbocycles. The van der Waals surface area contributed by atoms with E-state index in [2.05, 4.69) is 0 Å². The molecule has 0 radical (unpaired) electrons. The van der Waals surface area contributed by atoms with E-state index in [0.717, 1.165) is 0 Å². The van der Waals surface area contributed by atoms with E-state index in [0.29, 0.717) is 6.42 Å². The summed E-state index contributed by atoms with van der Waals surface area (Å²) in [5.74, 6) is -0.637. The normalized spacial score (nSPS) is 29.3. The van der Waals surface area contributed by atoms with Crippen molar-refractivity contribution in [3.8, 4) is 0 Å². The number of ether oxygens (including phenoxy) is 2. The van der Waals surface area contributed by atoms with Gasteiger partial charge in [-0.15, -0.1) is 0 Å². The van der Waals surface area contributed by atoms with E-state index in [4.69, 9.17) is 9.47 Å². The van der Waals surface area contributed by atoms with Crippen LogP contribution >= 0.6 is 0 Å². The minimum Gasteiger partial charge on any atom is -0.462 e. The van der Waals surface area contributed by atoms with Gasteiger partial charge in [0, 0.05) is 13.3 Å². The summed E-state index contributed by atoms with van der Waals surface area (Å²) < 4.78 is 9.76. The summed E-state index contributed by atoms with van der Waals surface area (Å²) in [6, 6.07) is 0. The molecule has 0 aromatic heterocycles. The molecule has 12 heavy (non-hydrogen) atoms. The fourth-order valence-electron chi connectivity index (χ4n) is 1.28. The molecule has 1 heterocycles. The van der Waals surface area contributed by atoms with Gasteiger partial charge < -0.3 is 9.47 Å². The average molecular weight is 172 g/mol. The van der Waals surface area contributed by atoms with E-state index in [1.807, 2.05) is 0 Å². The highest BCUT2D eigenvalue weighted by Crippen LogP contribution is 2.17. The Hall–Kier alpha value is -1.06. The van der Waals surface area contributed by atoms with E-state index < -0.39 is 0 Å². The number of esters is 2. The predicted molar refractivity (Wildman–Crippen MR) is 40.3 cm³/mol. The van der Waals surface area contributed by atoms with Gasteiger partial charge in [0.1, 0.15) is 12.2 Å². The highest BCUT2D eigenvalue weighted by Gasteiger charge is 2.27. The van der Waals surface area contributed by atoms with Crippen LogP contribution in [0.2, 0.25) is 0 Å². The Morgan fingerprint density at radius 2 is 2.33 bits per heavy atom. The van der Waals surface area contributed by atoms with E-state index in [1.54, 1.807) is 6.92 Å². The lowest BCUT2D eigenvalue weighted by molar-refractivity contribution is -0.166. The molecule has 1 rings (SSSR count). The van der Waals surface area contributed by atoms with Crippen molar-refractivity contribution in [2.45, 2.75) is 38.9 Å². The minimum absolute atomic E-state index is 0.143. The maximum Gasteiger partial charge on any atom is 0.309 e. The first kappa shape index (κ1) is 9.03. The van der Waals surface area contributed by atoms with Crippen LogP contribution in [0.15, 0.2) is 0 Å². The summed E-state index contributed by atoms with van der Waals surface area (Å²) in [5.41, 5.74) is 0. The van der Waals surface area contributed by atoms with Gasteiger partial charge in [-0.25, -0.2) is 0 Å². The quantitative estimate of drug-likeness (QED) is 0.545. The molecule has 1 fully saturated rings. The predicted octanol–water partition coefficient (Wildman–Crippen LogP) is 0.644. The molecule has 4 heteroatoms. The van der Waals surface area contributed by atoms with Gasteiger partial charge in [0.15, 0.2) is 0 Å². The zero-order chi connectivity index (χ0) is 9.14. The Balaban J connectivity index is 2.44. The molecule has 0 saturated carbocycles. The largest absolute Gasteiger partial charge is 0.462 e. The van der Waals surface area contributed by atoms with Gasteiger partial charge in [-0.1, -0.05) is 0 Å². The molecule has 4 nitrogen and oxygen atoms in total. The maximum atomic E-state index is 10.9. The molecule has 1 aliphatic heterocycles. The first-order chi connectivity index (χ1) is 5.58. The van der Waals surface area contributed by atoms with Crippen molar-refractivity contribution in [2.24, 2.45) is 0 Å². The molecule has 1 aliphatic rings. The van der Waals surface area contributed by atoms with Crippen LogP contribution in [0.4, 0.5) is 0 Å². The Morgan fingerprint density at radius 1 is 1.67 bits per heavy atom. The Bertz CT molecular complexity index is 197. The van der Waals surface area contributed by atoms with Crippen molar-refractivity contribution in [3.05, 3.63) is 0 Å². The Morgan fingerprint density at radius 3 is 2.83 bits per heavy atom. The van der Waals surface area contributed by atoms with Crippen LogP contribution in [0.5, 0.6) is 0 Å². The molecule has 0 aromatic rings. The second-order valence-electron chi connectivity index (χ2n) is 2.97. The molecular formula is C8H12O4. The van der Waals surface area contributed by atoms with Crippen LogP contribution in [0.3, 0.4) is 0 Å². The second-order valence-corrected chi connectivity index (χ2v) is 2.97. The zero-order valence-corrected chi connectivity index (χ0v) is 7.20. The third kappa shape index (κ3) is 2.53. The van der Waals surface area contributed by atoms with Gasteiger partial charge in [0.2, 0.25) is 0 Å². The molecule has 0 aromatic carbocycles. The zero-order valence-electron chi connectivity index (χ0n) is 7.20. The maximum absolute atomic E-state index is 10.9. The van der Waals surface area contributed by atoms with Crippen molar-refractivity contribution >= 4 is 11.9 Å². The summed E-state index contributed by atoms with van der Waals surface area (Å²) in [5, 5.41) is 0. The van der Waals surface area contributed by atoms with Crippen molar-refractivity contribution in [1.82, 2.24) is 0 Å². The third-order valence-corrected chi connectivity index (χ3v) is 1.65. The number of hydrogen-bond donors (Lipinski definition) is 0. The average Bonchev–Trinajstić information content (AvgIpc) is 1.81. The Labute approximate surface area is 70.8 Å². The summed E-state index contributed by atoms with van der Waals surface area (Å²) in [6.45, 7) is 3.12. The van der Waals surface area contributed by atoms with Crippen molar-refractivity contribution in [3.63, 3.8) is 0 Å². The summed E-state index contributed by atoms with van der Waals surface area (Å²) in [7, 11) is 0. The van der Waals surface area contributed by atoms with Gasteiger partial charge in [-0.3, -0.25) is 9.59 Å². The molecular weight excluding hydrogens is 160 g/mol. The molecule has 0 spiro atoms. The van der Waals surface area contributed by atoms with E-state index in [1.165, 1.54) is 6.92 Å². The van der Waals surface area contributed by atoms with E-state index in [-0.39, 0.29) is 30.6 Å². The highest BCUT2D eigenvalue weighted by atomic mass is 16.6. The number of cyclic esters (lactones) is 1. The number of hydrogen-bond acceptors (Lipinski definition) is 4. The summed E-state index contributed by atoms with van der Waals surface area (Å²) >= 11 is 0. The van der Waals surface area contributed by atoms with Crippen LogP contribution in [-0.2, 0) is 19.1 Å². The summed E-state index contributed by atoms with van der Waals surface area (Å²) in [4.78, 5) is 21.4. The number of carbonyl (C=O) groups is 2. The van der Waals surface area contributed by atoms with E-state index >= 15 is 0 Å². The standard InChI is InChI=1S/C8H12O4/c1-5-3-7(12-6(2)9)4-8(10)11-5/h5,7H,3-4H2,1-2H3. The molecule has 0 bridgehead atoms. The highest BCUT2D eigenvalue weighted by molar-refractivity contribution is 5.72. The van der Waals surface area contributed by atoms with Crippen LogP contribution in [0, 0.1) is 0 Å². The second kappa shape index (κ2) is 3.56. The fourth-order valence-corrected chi connectivity index (χ4v) is 1.28. The van der Waals surface area contributed by atoms with Gasteiger partial charge in [-0.05, 0) is 6.92 Å². The van der Waals surface area contributed by atoms with Crippen molar-refractivity contribution in [1.29, 1.82) is 0 Å². The monoisotopic (exact) mass is 172 g/mol. The van der Waals surface area contributed by atoms with Crippen LogP contribution in [0.25, 0.3) is 0 Å². The van der Waals surface area contributed by atoms with Gasteiger partial charge in [0.05, 0.1) is 6.42 Å². The summed E-state index contributed by atoms with van der Waals surface area (Å²) in [6.07, 6.45) is 0.351. The van der Waals surface area contributed by atoms with Crippen LogP contribution in [-0.4, -0.2) is 24.1 Å². The van der Waals surface area contributed by atoms with Gasteiger partial charge >= 0.3 is 11.9 Å². The fraction of sp³-hybridized carbons (Fsp3) is 0.750. The van der Waals surface area contributed by atoms with Crippen LogP contribution in [0.1, 0.15) is 26.7 Å². The first-order valence-corrected chi connectivity index (χ1v) is 3.94. The third-order valence-electron chi connectivity index (χ3n) is 1.65. The van der Waals surface area contributed by atoms with Gasteiger partial charge in [-0.2, -0.15) is 0 Å². The lowest BCUT2D eigenvalue weighted by atomic mass is 10.1. The van der Waals surface area contributed by atoms with Crippen molar-refractivity contribution < 1.29 is 19.1 Å². The molecule has 2 atom stereocenters. The Kier molecular flexibility index (Phi) is 2.68. The smallest absolute Gasteiger partial charge is 0.309 e. The van der Waals surface area contributed by atoms with Crippen molar-refractivity contribution in [2.75, 3.05) is 0 Å². The lowest BCUT2D eigenvalue weighted by Crippen LogP contribution is -2.33. The molecule has 0 N–H and O–H groups in total. The molecule has 68 valence electrons. The number of carbonyl (C=O) groups excluding carboxylic acids is 2. The van der Waals surface area contributed by atoms with Gasteiger partial charge in [0.25, 0.3) is 0 Å². The SMILES string of the molecule is CC(=O)OC1CC(=O)OC(C)C1. The van der Waals surface area contributed by atoms with Crippen LogP contribution < -0.4 is 0 Å². The topological polar surface area (TPSA) is 52.6 Å². The molecule has 1 saturated heterocycles. The van der Waals surface area contributed by atoms with E-state index in [9.17, 15) is 9.59 Å². The minimum atomic E-state index is -0.345. The molecule has 0 amide bonds. The lowest BCUT2D eigenvalue weighted by Gasteiger charge is -2.25. The first-order valence-electron chi connectivity index (χ1n) is 3.94. The number of rotatable bonds is 1.